The Hall–Kier alpha value is -2.63. The highest BCUT2D eigenvalue weighted by Crippen LogP contribution is 2.21. The summed E-state index contributed by atoms with van der Waals surface area (Å²) in [6, 6.07) is 9.73. The quantitative estimate of drug-likeness (QED) is 0.918. The van der Waals surface area contributed by atoms with Crippen molar-refractivity contribution in [2.75, 3.05) is 18.0 Å². The summed E-state index contributed by atoms with van der Waals surface area (Å²) in [6.07, 6.45) is 3.49. The molecule has 0 saturated carbocycles. The van der Waals surface area contributed by atoms with Gasteiger partial charge in [0.25, 0.3) is 5.56 Å². The highest BCUT2D eigenvalue weighted by molar-refractivity contribution is 5.79. The van der Waals surface area contributed by atoms with Gasteiger partial charge in [-0.15, -0.1) is 0 Å². The predicted octanol–water partition coefficient (Wildman–Crippen LogP) is 1.62. The first-order chi connectivity index (χ1) is 12.0. The standard InChI is InChI=1S/C19H24N4O2/c1-14-5-3-6-15(9-14)11-20-19(25)16-7-4-8-23(13-16)17-10-18(24)22(2)21-12-17/h3,5-6,9-10,12,16H,4,7-8,11,13H2,1-2H3,(H,20,25)/t16-/m1/s1. The molecule has 1 aliphatic rings. The number of nitrogens with zero attached hydrogens (tertiary/aromatic N) is 3. The molecule has 0 radical (unpaired) electrons. The number of hydrogen-bond acceptors (Lipinski definition) is 4. The number of carbonyl (C=O) groups is 1. The third kappa shape index (κ3) is 4.26. The molecular weight excluding hydrogens is 316 g/mol. The number of benzene rings is 1. The van der Waals surface area contributed by atoms with Crippen LogP contribution in [0.25, 0.3) is 0 Å². The van der Waals surface area contributed by atoms with Crippen molar-refractivity contribution in [2.24, 2.45) is 13.0 Å². The van der Waals surface area contributed by atoms with Crippen LogP contribution in [0.15, 0.2) is 41.3 Å². The van der Waals surface area contributed by atoms with E-state index in [1.165, 1.54) is 10.2 Å². The van der Waals surface area contributed by atoms with E-state index in [2.05, 4.69) is 21.4 Å². The topological polar surface area (TPSA) is 67.2 Å². The van der Waals surface area contributed by atoms with E-state index in [4.69, 9.17) is 0 Å². The number of rotatable bonds is 4. The second kappa shape index (κ2) is 7.51. The largest absolute Gasteiger partial charge is 0.369 e. The highest BCUT2D eigenvalue weighted by atomic mass is 16.2. The van der Waals surface area contributed by atoms with E-state index in [1.54, 1.807) is 19.3 Å². The van der Waals surface area contributed by atoms with Gasteiger partial charge in [-0.1, -0.05) is 29.8 Å². The Bertz CT molecular complexity index is 815. The lowest BCUT2D eigenvalue weighted by Gasteiger charge is -2.33. The van der Waals surface area contributed by atoms with Crippen LogP contribution in [0.3, 0.4) is 0 Å². The third-order valence-electron chi connectivity index (χ3n) is 4.66. The molecule has 3 rings (SSSR count). The van der Waals surface area contributed by atoms with E-state index >= 15 is 0 Å². The fourth-order valence-corrected chi connectivity index (χ4v) is 3.21. The Kier molecular flexibility index (Phi) is 5.16. The van der Waals surface area contributed by atoms with Gasteiger partial charge in [-0.05, 0) is 25.3 Å². The van der Waals surface area contributed by atoms with Crippen LogP contribution >= 0.6 is 0 Å². The zero-order valence-corrected chi connectivity index (χ0v) is 14.7. The van der Waals surface area contributed by atoms with Gasteiger partial charge in [0.15, 0.2) is 0 Å². The van der Waals surface area contributed by atoms with Crippen molar-refractivity contribution in [1.29, 1.82) is 0 Å². The maximum absolute atomic E-state index is 12.5. The Morgan fingerprint density at radius 1 is 1.36 bits per heavy atom. The SMILES string of the molecule is Cc1cccc(CNC(=O)[C@@H]2CCCN(c3cnn(C)c(=O)c3)C2)c1. The van der Waals surface area contributed by atoms with Gasteiger partial charge in [0.05, 0.1) is 17.8 Å². The number of nitrogens with one attached hydrogen (secondary N) is 1. The van der Waals surface area contributed by atoms with Gasteiger partial charge in [0.1, 0.15) is 0 Å². The van der Waals surface area contributed by atoms with Crippen LogP contribution in [0, 0.1) is 12.8 Å². The second-order valence-electron chi connectivity index (χ2n) is 6.67. The highest BCUT2D eigenvalue weighted by Gasteiger charge is 2.26. The van der Waals surface area contributed by atoms with Crippen molar-refractivity contribution in [1.82, 2.24) is 15.1 Å². The van der Waals surface area contributed by atoms with Crippen molar-refractivity contribution in [3.63, 3.8) is 0 Å². The van der Waals surface area contributed by atoms with Gasteiger partial charge in [0, 0.05) is 32.7 Å². The fraction of sp³-hybridized carbons (Fsp3) is 0.421. The van der Waals surface area contributed by atoms with Gasteiger partial charge in [0.2, 0.25) is 5.91 Å². The molecule has 2 aromatic rings. The number of piperidine rings is 1. The molecule has 1 aliphatic heterocycles. The fourth-order valence-electron chi connectivity index (χ4n) is 3.21. The smallest absolute Gasteiger partial charge is 0.268 e. The van der Waals surface area contributed by atoms with Crippen LogP contribution in [0.2, 0.25) is 0 Å². The molecule has 132 valence electrons. The number of hydrogen-bond donors (Lipinski definition) is 1. The summed E-state index contributed by atoms with van der Waals surface area (Å²) in [5, 5.41) is 7.11. The van der Waals surface area contributed by atoms with Crippen molar-refractivity contribution in [3.8, 4) is 0 Å². The lowest BCUT2D eigenvalue weighted by atomic mass is 9.96. The van der Waals surface area contributed by atoms with Crippen LogP contribution in [0.4, 0.5) is 5.69 Å². The van der Waals surface area contributed by atoms with E-state index in [9.17, 15) is 9.59 Å². The van der Waals surface area contributed by atoms with E-state index < -0.39 is 0 Å². The molecule has 0 spiro atoms. The zero-order valence-electron chi connectivity index (χ0n) is 14.7. The van der Waals surface area contributed by atoms with Crippen LogP contribution in [0.5, 0.6) is 0 Å². The van der Waals surface area contributed by atoms with E-state index in [0.717, 1.165) is 30.6 Å². The second-order valence-corrected chi connectivity index (χ2v) is 6.67. The summed E-state index contributed by atoms with van der Waals surface area (Å²) < 4.78 is 1.31. The summed E-state index contributed by atoms with van der Waals surface area (Å²) in [7, 11) is 1.63. The van der Waals surface area contributed by atoms with E-state index in [0.29, 0.717) is 13.1 Å². The van der Waals surface area contributed by atoms with E-state index in [1.807, 2.05) is 25.1 Å². The Morgan fingerprint density at radius 3 is 2.96 bits per heavy atom. The molecule has 1 atom stereocenters. The number of amides is 1. The zero-order chi connectivity index (χ0) is 17.8. The molecule has 6 heteroatoms. The lowest BCUT2D eigenvalue weighted by Crippen LogP contribution is -2.43. The van der Waals surface area contributed by atoms with Crippen LogP contribution in [0.1, 0.15) is 24.0 Å². The number of aryl methyl sites for hydroxylation is 2. The molecule has 0 bridgehead atoms. The molecule has 1 amide bonds. The number of aromatic nitrogens is 2. The third-order valence-corrected chi connectivity index (χ3v) is 4.66. The first-order valence-corrected chi connectivity index (χ1v) is 8.64. The average Bonchev–Trinajstić information content (AvgIpc) is 2.62. The minimum atomic E-state index is -0.136. The Morgan fingerprint density at radius 2 is 2.20 bits per heavy atom. The summed E-state index contributed by atoms with van der Waals surface area (Å²) >= 11 is 0. The van der Waals surface area contributed by atoms with Gasteiger partial charge in [-0.25, -0.2) is 4.68 Å². The molecule has 0 unspecified atom stereocenters. The van der Waals surface area contributed by atoms with Crippen LogP contribution in [-0.4, -0.2) is 28.8 Å². The summed E-state index contributed by atoms with van der Waals surface area (Å²) in [4.78, 5) is 26.4. The van der Waals surface area contributed by atoms with Crippen molar-refractivity contribution in [3.05, 3.63) is 58.0 Å². The molecule has 25 heavy (non-hydrogen) atoms. The molecule has 6 nitrogen and oxygen atoms in total. The van der Waals surface area contributed by atoms with Crippen molar-refractivity contribution < 1.29 is 4.79 Å². The Balaban J connectivity index is 1.61. The maximum atomic E-state index is 12.5. The molecule has 2 heterocycles. The molecule has 0 aliphatic carbocycles. The molecular formula is C19H24N4O2. The molecule has 1 aromatic heterocycles. The minimum Gasteiger partial charge on any atom is -0.369 e. The van der Waals surface area contributed by atoms with Crippen LogP contribution in [-0.2, 0) is 18.4 Å². The van der Waals surface area contributed by atoms with Crippen LogP contribution < -0.4 is 15.8 Å². The van der Waals surface area contributed by atoms with Crippen molar-refractivity contribution >= 4 is 11.6 Å². The average molecular weight is 340 g/mol. The van der Waals surface area contributed by atoms with Gasteiger partial charge >= 0.3 is 0 Å². The molecule has 1 fully saturated rings. The summed E-state index contributed by atoms with van der Waals surface area (Å²) in [5.41, 5.74) is 2.95. The first kappa shape index (κ1) is 17.2. The molecule has 1 N–H and O–H groups in total. The normalized spacial score (nSPS) is 17.4. The first-order valence-electron chi connectivity index (χ1n) is 8.64. The van der Waals surface area contributed by atoms with Gasteiger partial charge < -0.3 is 10.2 Å². The number of anilines is 1. The number of carbonyl (C=O) groups excluding carboxylic acids is 1. The van der Waals surface area contributed by atoms with Gasteiger partial charge in [-0.3, -0.25) is 9.59 Å². The summed E-state index contributed by atoms with van der Waals surface area (Å²) in [6.45, 7) is 4.05. The predicted molar refractivity (Wildman–Crippen MR) is 97.4 cm³/mol. The minimum absolute atomic E-state index is 0.0670. The maximum Gasteiger partial charge on any atom is 0.268 e. The monoisotopic (exact) mass is 340 g/mol. The lowest BCUT2D eigenvalue weighted by molar-refractivity contribution is -0.125. The Labute approximate surface area is 147 Å². The summed E-state index contributed by atoms with van der Waals surface area (Å²) in [5.74, 6) is 0.00520. The molecule has 1 aromatic carbocycles. The van der Waals surface area contributed by atoms with Gasteiger partial charge in [-0.2, -0.15) is 5.10 Å². The van der Waals surface area contributed by atoms with E-state index in [-0.39, 0.29) is 17.4 Å². The molecule has 1 saturated heterocycles. The van der Waals surface area contributed by atoms with Crippen molar-refractivity contribution in [2.45, 2.75) is 26.3 Å².